The Morgan fingerprint density at radius 2 is 2.05 bits per heavy atom. The Kier molecular flexibility index (Phi) is 4.88. The molecule has 0 atom stereocenters. The summed E-state index contributed by atoms with van der Waals surface area (Å²) in [6.45, 7) is 11.4. The predicted molar refractivity (Wildman–Crippen MR) is 84.9 cm³/mol. The predicted octanol–water partition coefficient (Wildman–Crippen LogP) is 4.04. The summed E-state index contributed by atoms with van der Waals surface area (Å²) in [6, 6.07) is 0. The molecule has 2 aromatic rings. The summed E-state index contributed by atoms with van der Waals surface area (Å²) in [5.74, 6) is 1.71. The minimum absolute atomic E-state index is 0.109. The highest BCUT2D eigenvalue weighted by Crippen LogP contribution is 2.32. The van der Waals surface area contributed by atoms with Gasteiger partial charge in [0.15, 0.2) is 0 Å². The lowest BCUT2D eigenvalue weighted by atomic mass is 9.95. The van der Waals surface area contributed by atoms with Crippen LogP contribution in [0.4, 0.5) is 5.82 Å². The van der Waals surface area contributed by atoms with E-state index < -0.39 is 0 Å². The van der Waals surface area contributed by atoms with Crippen LogP contribution in [-0.2, 0) is 5.41 Å². The van der Waals surface area contributed by atoms with Crippen molar-refractivity contribution in [3.8, 4) is 0 Å². The van der Waals surface area contributed by atoms with Gasteiger partial charge >= 0.3 is 0 Å². The number of rotatable bonds is 5. The zero-order valence-corrected chi connectivity index (χ0v) is 14.0. The Morgan fingerprint density at radius 3 is 2.62 bits per heavy atom. The Balaban J connectivity index is 2.41. The average molecular weight is 306 g/mol. The molecule has 0 spiro atoms. The van der Waals surface area contributed by atoms with Crippen LogP contribution < -0.4 is 5.32 Å². The van der Waals surface area contributed by atoms with Crippen LogP contribution in [0.2, 0.25) is 0 Å². The van der Waals surface area contributed by atoms with E-state index in [9.17, 15) is 0 Å². The van der Waals surface area contributed by atoms with E-state index >= 15 is 0 Å². The largest absolute Gasteiger partial charge is 0.440 e. The van der Waals surface area contributed by atoms with Crippen molar-refractivity contribution in [2.24, 2.45) is 0 Å². The number of nitrogens with zero attached hydrogens (tertiary/aromatic N) is 3. The third-order valence-corrected chi connectivity index (χ3v) is 3.88. The topological polar surface area (TPSA) is 63.8 Å². The molecule has 21 heavy (non-hydrogen) atoms. The van der Waals surface area contributed by atoms with Gasteiger partial charge in [-0.15, -0.1) is 0 Å². The van der Waals surface area contributed by atoms with Gasteiger partial charge in [0.25, 0.3) is 5.22 Å². The van der Waals surface area contributed by atoms with Gasteiger partial charge in [-0.1, -0.05) is 27.7 Å². The number of nitrogens with one attached hydrogen (secondary N) is 1. The fraction of sp³-hybridized carbons (Fsp3) is 0.533. The fourth-order valence-corrected chi connectivity index (χ4v) is 2.45. The number of aromatic nitrogens is 3. The van der Waals surface area contributed by atoms with Crippen molar-refractivity contribution in [2.45, 2.75) is 56.7 Å². The van der Waals surface area contributed by atoms with Crippen molar-refractivity contribution in [2.75, 3.05) is 11.9 Å². The molecule has 2 rings (SSSR count). The van der Waals surface area contributed by atoms with Gasteiger partial charge in [0.1, 0.15) is 22.9 Å². The lowest BCUT2D eigenvalue weighted by Crippen LogP contribution is -2.19. The second-order valence-corrected chi connectivity index (χ2v) is 6.84. The Hall–Kier alpha value is -1.56. The molecule has 0 aliphatic heterocycles. The summed E-state index contributed by atoms with van der Waals surface area (Å²) in [6.07, 6.45) is 4.26. The minimum atomic E-state index is -0.109. The van der Waals surface area contributed by atoms with Crippen LogP contribution in [0.25, 0.3) is 0 Å². The fourth-order valence-electron chi connectivity index (χ4n) is 1.69. The first-order valence-electron chi connectivity index (χ1n) is 7.12. The Bertz CT molecular complexity index is 590. The lowest BCUT2D eigenvalue weighted by Gasteiger charge is -2.20. The van der Waals surface area contributed by atoms with Crippen molar-refractivity contribution in [3.63, 3.8) is 0 Å². The average Bonchev–Trinajstić information content (AvgIpc) is 2.91. The Morgan fingerprint density at radius 1 is 1.29 bits per heavy atom. The minimum Gasteiger partial charge on any atom is -0.440 e. The summed E-state index contributed by atoms with van der Waals surface area (Å²) in [7, 11) is 0. The normalized spacial score (nSPS) is 11.7. The van der Waals surface area contributed by atoms with Crippen LogP contribution >= 0.6 is 11.8 Å². The molecule has 0 amide bonds. The molecule has 114 valence electrons. The number of hydrogen-bond acceptors (Lipinski definition) is 6. The third-order valence-electron chi connectivity index (χ3n) is 2.91. The van der Waals surface area contributed by atoms with E-state index in [1.807, 2.05) is 6.92 Å². The Labute approximate surface area is 130 Å². The van der Waals surface area contributed by atoms with Gasteiger partial charge < -0.3 is 9.73 Å². The van der Waals surface area contributed by atoms with Crippen LogP contribution in [0.1, 0.15) is 45.5 Å². The monoisotopic (exact) mass is 306 g/mol. The van der Waals surface area contributed by atoms with Gasteiger partial charge in [-0.05, 0) is 25.1 Å². The molecule has 0 aliphatic carbocycles. The standard InChI is InChI=1S/C15H22N4OS/c1-6-7-16-11-10(2)12(21-14-17-8-9-20-14)19-13(18-11)15(3,4)5/h8-9H,6-7H2,1-5H3,(H,16,18,19). The molecule has 0 unspecified atom stereocenters. The summed E-state index contributed by atoms with van der Waals surface area (Å²) < 4.78 is 5.31. The summed E-state index contributed by atoms with van der Waals surface area (Å²) in [5, 5.41) is 4.86. The first kappa shape index (κ1) is 15.8. The third kappa shape index (κ3) is 3.97. The first-order valence-corrected chi connectivity index (χ1v) is 7.93. The highest BCUT2D eigenvalue weighted by molar-refractivity contribution is 7.99. The van der Waals surface area contributed by atoms with Gasteiger partial charge in [0.05, 0.1) is 6.20 Å². The highest BCUT2D eigenvalue weighted by atomic mass is 32.2. The van der Waals surface area contributed by atoms with Gasteiger partial charge in [-0.3, -0.25) is 0 Å². The van der Waals surface area contributed by atoms with Gasteiger partial charge in [-0.25, -0.2) is 15.0 Å². The quantitative estimate of drug-likeness (QED) is 0.841. The van der Waals surface area contributed by atoms with Crippen LogP contribution in [-0.4, -0.2) is 21.5 Å². The SMILES string of the molecule is CCCNc1nc(C(C)(C)C)nc(Sc2ncco2)c1C. The zero-order chi connectivity index (χ0) is 15.5. The molecule has 0 aromatic carbocycles. The van der Waals surface area contributed by atoms with Crippen LogP contribution in [0, 0.1) is 6.92 Å². The van der Waals surface area contributed by atoms with E-state index in [0.29, 0.717) is 5.22 Å². The molecule has 2 aromatic heterocycles. The van der Waals surface area contributed by atoms with Crippen molar-refractivity contribution in [3.05, 3.63) is 23.8 Å². The van der Waals surface area contributed by atoms with Crippen LogP contribution in [0.3, 0.4) is 0 Å². The molecule has 0 saturated heterocycles. The van der Waals surface area contributed by atoms with E-state index in [2.05, 4.69) is 43.0 Å². The smallest absolute Gasteiger partial charge is 0.261 e. The molecule has 0 saturated carbocycles. The van der Waals surface area contributed by atoms with E-state index in [-0.39, 0.29) is 5.41 Å². The van der Waals surface area contributed by atoms with Crippen LogP contribution in [0.5, 0.6) is 0 Å². The second kappa shape index (κ2) is 6.47. The molecule has 0 aliphatic rings. The molecule has 5 nitrogen and oxygen atoms in total. The van der Waals surface area contributed by atoms with Crippen molar-refractivity contribution in [1.29, 1.82) is 0 Å². The van der Waals surface area contributed by atoms with Gasteiger partial charge in [-0.2, -0.15) is 0 Å². The maximum Gasteiger partial charge on any atom is 0.261 e. The van der Waals surface area contributed by atoms with E-state index in [4.69, 9.17) is 9.40 Å². The molecule has 2 heterocycles. The number of anilines is 1. The van der Waals surface area contributed by atoms with E-state index in [0.717, 1.165) is 35.2 Å². The van der Waals surface area contributed by atoms with E-state index in [1.54, 1.807) is 12.5 Å². The first-order chi connectivity index (χ1) is 9.91. The highest BCUT2D eigenvalue weighted by Gasteiger charge is 2.22. The van der Waals surface area contributed by atoms with Gasteiger partial charge in [0, 0.05) is 17.5 Å². The molecular formula is C15H22N4OS. The zero-order valence-electron chi connectivity index (χ0n) is 13.2. The molecule has 0 fully saturated rings. The second-order valence-electron chi connectivity index (χ2n) is 5.90. The maximum absolute atomic E-state index is 5.31. The maximum atomic E-state index is 5.31. The van der Waals surface area contributed by atoms with Gasteiger partial charge in [0.2, 0.25) is 0 Å². The molecule has 0 radical (unpaired) electrons. The summed E-state index contributed by atoms with van der Waals surface area (Å²) in [4.78, 5) is 13.5. The number of oxazole rings is 1. The molecule has 1 N–H and O–H groups in total. The molecular weight excluding hydrogens is 284 g/mol. The molecule has 0 bridgehead atoms. The van der Waals surface area contributed by atoms with Crippen LogP contribution in [0.15, 0.2) is 27.1 Å². The number of hydrogen-bond donors (Lipinski definition) is 1. The van der Waals surface area contributed by atoms with Crippen molar-refractivity contribution >= 4 is 17.6 Å². The summed E-state index contributed by atoms with van der Waals surface area (Å²) >= 11 is 1.43. The summed E-state index contributed by atoms with van der Waals surface area (Å²) in [5.41, 5.74) is 0.919. The van der Waals surface area contributed by atoms with E-state index in [1.165, 1.54) is 11.8 Å². The molecule has 6 heteroatoms. The van der Waals surface area contributed by atoms with Crippen molar-refractivity contribution in [1.82, 2.24) is 15.0 Å². The lowest BCUT2D eigenvalue weighted by molar-refractivity contribution is 0.453. The van der Waals surface area contributed by atoms with Crippen molar-refractivity contribution < 1.29 is 4.42 Å².